The van der Waals surface area contributed by atoms with Crippen LogP contribution in [0.25, 0.3) is 10.2 Å². The van der Waals surface area contributed by atoms with Crippen molar-refractivity contribution in [1.82, 2.24) is 9.88 Å². The average Bonchev–Trinajstić information content (AvgIpc) is 3.26. The van der Waals surface area contributed by atoms with Crippen molar-refractivity contribution in [3.8, 4) is 11.5 Å². The Balaban J connectivity index is 1.54. The molecule has 1 aliphatic rings. The Bertz CT molecular complexity index is 1240. The second-order valence-corrected chi connectivity index (χ2v) is 10.9. The third-order valence-electron chi connectivity index (χ3n) is 5.47. The quantitative estimate of drug-likeness (QED) is 0.437. The zero-order valence-corrected chi connectivity index (χ0v) is 20.7. The van der Waals surface area contributed by atoms with Crippen molar-refractivity contribution in [3.05, 3.63) is 42.5 Å². The van der Waals surface area contributed by atoms with Gasteiger partial charge in [-0.1, -0.05) is 11.3 Å². The van der Waals surface area contributed by atoms with Gasteiger partial charge in [-0.2, -0.15) is 0 Å². The van der Waals surface area contributed by atoms with E-state index in [2.05, 4.69) is 9.88 Å². The van der Waals surface area contributed by atoms with Gasteiger partial charge in [-0.3, -0.25) is 14.6 Å². The lowest BCUT2D eigenvalue weighted by molar-refractivity contribution is -0.120. The van der Waals surface area contributed by atoms with Crippen LogP contribution in [0.5, 0.6) is 11.5 Å². The van der Waals surface area contributed by atoms with E-state index in [0.717, 1.165) is 13.1 Å². The van der Waals surface area contributed by atoms with Crippen LogP contribution in [0.2, 0.25) is 0 Å². The predicted molar refractivity (Wildman–Crippen MR) is 131 cm³/mol. The second-order valence-electron chi connectivity index (χ2n) is 7.86. The molecule has 0 saturated carbocycles. The molecule has 34 heavy (non-hydrogen) atoms. The molecule has 3 aromatic rings. The summed E-state index contributed by atoms with van der Waals surface area (Å²) in [7, 11) is -1.75. The van der Waals surface area contributed by atoms with Crippen molar-refractivity contribution in [1.29, 1.82) is 0 Å². The van der Waals surface area contributed by atoms with E-state index in [4.69, 9.17) is 14.2 Å². The fraction of sp³-hybridized carbons (Fsp3) is 0.391. The molecule has 4 rings (SSSR count). The fourth-order valence-corrected chi connectivity index (χ4v) is 5.30. The van der Waals surface area contributed by atoms with E-state index in [0.29, 0.717) is 53.2 Å². The summed E-state index contributed by atoms with van der Waals surface area (Å²) in [5, 5.41) is 0.511. The molecule has 2 heterocycles. The number of fused-ring (bicyclic) bond motifs is 1. The van der Waals surface area contributed by atoms with Gasteiger partial charge in [0, 0.05) is 32.4 Å². The molecular weight excluding hydrogens is 478 g/mol. The van der Waals surface area contributed by atoms with Crippen LogP contribution in [0.3, 0.4) is 0 Å². The number of benzene rings is 2. The summed E-state index contributed by atoms with van der Waals surface area (Å²) in [6, 6.07) is 11.8. The van der Waals surface area contributed by atoms with Crippen LogP contribution in [0.15, 0.2) is 47.4 Å². The largest absolute Gasteiger partial charge is 0.497 e. The van der Waals surface area contributed by atoms with E-state index in [-0.39, 0.29) is 17.4 Å². The van der Waals surface area contributed by atoms with Crippen molar-refractivity contribution in [3.63, 3.8) is 0 Å². The molecule has 0 radical (unpaired) electrons. The number of morpholine rings is 1. The number of sulfone groups is 1. The molecule has 1 saturated heterocycles. The number of rotatable bonds is 9. The van der Waals surface area contributed by atoms with Gasteiger partial charge in [-0.05, 0) is 42.5 Å². The molecule has 11 heteroatoms. The summed E-state index contributed by atoms with van der Waals surface area (Å²) in [6.45, 7) is 3.91. The zero-order valence-electron chi connectivity index (χ0n) is 19.1. The number of methoxy groups -OCH3 is 1. The van der Waals surface area contributed by atoms with Gasteiger partial charge in [0.15, 0.2) is 21.6 Å². The standard InChI is InChI=1S/C23H27N3O6S2/c1-30-17-3-5-18(6-4-17)32-16-22(27)26(10-9-25-11-13-31-14-12-25)23-24-20-8-7-19(34(2,28)29)15-21(20)33-23/h3-8,15H,9-14,16H2,1-2H3. The number of hydrogen-bond acceptors (Lipinski definition) is 9. The summed E-state index contributed by atoms with van der Waals surface area (Å²) in [6.07, 6.45) is 1.17. The fourth-order valence-electron chi connectivity index (χ4n) is 3.53. The van der Waals surface area contributed by atoms with Gasteiger partial charge in [0.25, 0.3) is 5.91 Å². The molecule has 0 aliphatic carbocycles. The van der Waals surface area contributed by atoms with Crippen LogP contribution < -0.4 is 14.4 Å². The van der Waals surface area contributed by atoms with Crippen molar-refractivity contribution < 1.29 is 27.4 Å². The van der Waals surface area contributed by atoms with Crippen molar-refractivity contribution in [2.24, 2.45) is 0 Å². The van der Waals surface area contributed by atoms with Crippen molar-refractivity contribution >= 4 is 42.4 Å². The van der Waals surface area contributed by atoms with Gasteiger partial charge in [0.1, 0.15) is 11.5 Å². The summed E-state index contributed by atoms with van der Waals surface area (Å²) >= 11 is 1.29. The Morgan fingerprint density at radius 2 is 1.85 bits per heavy atom. The highest BCUT2D eigenvalue weighted by atomic mass is 32.2. The van der Waals surface area contributed by atoms with E-state index < -0.39 is 9.84 Å². The number of anilines is 1. The van der Waals surface area contributed by atoms with Gasteiger partial charge in [0.2, 0.25) is 0 Å². The van der Waals surface area contributed by atoms with Gasteiger partial charge in [-0.25, -0.2) is 13.4 Å². The lowest BCUT2D eigenvalue weighted by Crippen LogP contribution is -2.44. The third kappa shape index (κ3) is 6.03. The maximum Gasteiger partial charge on any atom is 0.266 e. The lowest BCUT2D eigenvalue weighted by Gasteiger charge is -2.29. The van der Waals surface area contributed by atoms with Crippen molar-refractivity contribution in [2.75, 3.05) is 64.3 Å². The van der Waals surface area contributed by atoms with Gasteiger partial charge in [-0.15, -0.1) is 0 Å². The maximum atomic E-state index is 13.2. The molecule has 0 unspecified atom stereocenters. The van der Waals surface area contributed by atoms with Crippen molar-refractivity contribution in [2.45, 2.75) is 4.90 Å². The molecule has 1 aromatic heterocycles. The summed E-state index contributed by atoms with van der Waals surface area (Å²) in [4.78, 5) is 21.9. The highest BCUT2D eigenvalue weighted by Gasteiger charge is 2.23. The van der Waals surface area contributed by atoms with Crippen LogP contribution in [-0.4, -0.2) is 83.6 Å². The maximum absolute atomic E-state index is 13.2. The van der Waals surface area contributed by atoms with Gasteiger partial charge in [0.05, 0.1) is 35.4 Å². The number of aromatic nitrogens is 1. The lowest BCUT2D eigenvalue weighted by atomic mass is 10.3. The normalized spacial score (nSPS) is 14.8. The minimum atomic E-state index is -3.34. The molecule has 0 spiro atoms. The molecule has 0 N–H and O–H groups in total. The summed E-state index contributed by atoms with van der Waals surface area (Å²) in [5.74, 6) is 1.03. The van der Waals surface area contributed by atoms with E-state index in [9.17, 15) is 13.2 Å². The first-order valence-corrected chi connectivity index (χ1v) is 13.5. The molecule has 0 atom stereocenters. The van der Waals surface area contributed by atoms with Crippen LogP contribution in [0, 0.1) is 0 Å². The molecule has 2 aromatic carbocycles. The van der Waals surface area contributed by atoms with E-state index in [1.807, 2.05) is 0 Å². The van der Waals surface area contributed by atoms with Crippen LogP contribution >= 0.6 is 11.3 Å². The van der Waals surface area contributed by atoms with Crippen LogP contribution in [0.1, 0.15) is 0 Å². The highest BCUT2D eigenvalue weighted by molar-refractivity contribution is 7.90. The van der Waals surface area contributed by atoms with E-state index >= 15 is 0 Å². The number of amides is 1. The number of hydrogen-bond donors (Lipinski definition) is 0. The first-order valence-electron chi connectivity index (χ1n) is 10.8. The topological polar surface area (TPSA) is 98.3 Å². The molecular formula is C23H27N3O6S2. The number of ether oxygens (including phenoxy) is 3. The Kier molecular flexibility index (Phi) is 7.67. The Morgan fingerprint density at radius 1 is 1.15 bits per heavy atom. The summed E-state index contributed by atoms with van der Waals surface area (Å²) < 4.78 is 40.9. The second kappa shape index (κ2) is 10.7. The van der Waals surface area contributed by atoms with Crippen LogP contribution in [-0.2, 0) is 19.4 Å². The molecule has 0 bridgehead atoms. The molecule has 1 aliphatic heterocycles. The SMILES string of the molecule is COc1ccc(OCC(=O)N(CCN2CCOCC2)c2nc3ccc(S(C)(=O)=O)cc3s2)cc1. The Labute approximate surface area is 202 Å². The third-order valence-corrected chi connectivity index (χ3v) is 7.63. The molecule has 182 valence electrons. The first-order chi connectivity index (χ1) is 16.3. The average molecular weight is 506 g/mol. The zero-order chi connectivity index (χ0) is 24.1. The monoisotopic (exact) mass is 505 g/mol. The minimum absolute atomic E-state index is 0.153. The first kappa shape index (κ1) is 24.4. The van der Waals surface area contributed by atoms with Gasteiger partial charge < -0.3 is 14.2 Å². The van der Waals surface area contributed by atoms with E-state index in [1.165, 1.54) is 23.7 Å². The minimum Gasteiger partial charge on any atom is -0.497 e. The Hall–Kier alpha value is -2.73. The number of thiazole rings is 1. The number of carbonyl (C=O) groups excluding carboxylic acids is 1. The number of nitrogens with zero attached hydrogens (tertiary/aromatic N) is 3. The Morgan fingerprint density at radius 3 is 2.53 bits per heavy atom. The molecule has 1 amide bonds. The predicted octanol–water partition coefficient (Wildman–Crippen LogP) is 2.45. The molecule has 1 fully saturated rings. The highest BCUT2D eigenvalue weighted by Crippen LogP contribution is 2.31. The van der Waals surface area contributed by atoms with Gasteiger partial charge >= 0.3 is 0 Å². The smallest absolute Gasteiger partial charge is 0.266 e. The summed E-state index contributed by atoms with van der Waals surface area (Å²) in [5.41, 5.74) is 0.646. The van der Waals surface area contributed by atoms with Crippen LogP contribution in [0.4, 0.5) is 5.13 Å². The molecule has 9 nitrogen and oxygen atoms in total. The number of carbonyl (C=O) groups is 1. The van der Waals surface area contributed by atoms with E-state index in [1.54, 1.807) is 48.4 Å².